The van der Waals surface area contributed by atoms with Crippen LogP contribution in [0.25, 0.3) is 0 Å². The van der Waals surface area contributed by atoms with Gasteiger partial charge in [-0.05, 0) is 50.5 Å². The van der Waals surface area contributed by atoms with Crippen LogP contribution in [0, 0.1) is 6.92 Å². The summed E-state index contributed by atoms with van der Waals surface area (Å²) in [6.45, 7) is 11.2. The Bertz CT molecular complexity index is 543. The van der Waals surface area contributed by atoms with Crippen molar-refractivity contribution in [1.82, 2.24) is 10.2 Å². The third-order valence-corrected chi connectivity index (χ3v) is 3.93. The zero-order valence-corrected chi connectivity index (χ0v) is 14.6. The van der Waals surface area contributed by atoms with Gasteiger partial charge in [-0.25, -0.2) is 4.79 Å². The molecule has 1 heterocycles. The van der Waals surface area contributed by atoms with Gasteiger partial charge in [0.2, 0.25) is 0 Å². The van der Waals surface area contributed by atoms with Gasteiger partial charge in [-0.1, -0.05) is 13.0 Å². The summed E-state index contributed by atoms with van der Waals surface area (Å²) in [5, 5.41) is 3.00. The van der Waals surface area contributed by atoms with Gasteiger partial charge >= 0.3 is 6.03 Å². The molecule has 1 aliphatic rings. The summed E-state index contributed by atoms with van der Waals surface area (Å²) < 4.78 is 11.3. The van der Waals surface area contributed by atoms with Crippen molar-refractivity contribution in [2.24, 2.45) is 0 Å². The lowest BCUT2D eigenvalue weighted by molar-refractivity contribution is -0.0733. The smallest absolute Gasteiger partial charge is 0.317 e. The van der Waals surface area contributed by atoms with E-state index in [9.17, 15) is 4.79 Å². The Morgan fingerprint density at radius 3 is 2.87 bits per heavy atom. The molecule has 2 rings (SSSR count). The molecule has 0 saturated carbocycles. The molecule has 1 aromatic rings. The van der Waals surface area contributed by atoms with E-state index in [2.05, 4.69) is 12.2 Å². The second kappa shape index (κ2) is 7.68. The minimum absolute atomic E-state index is 0.0351. The van der Waals surface area contributed by atoms with Gasteiger partial charge in [0.05, 0.1) is 25.4 Å². The summed E-state index contributed by atoms with van der Waals surface area (Å²) in [4.78, 5) is 14.1. The molecule has 1 saturated heterocycles. The van der Waals surface area contributed by atoms with Crippen LogP contribution in [0.1, 0.15) is 38.3 Å². The maximum absolute atomic E-state index is 12.3. The molecule has 5 heteroatoms. The maximum Gasteiger partial charge on any atom is 0.317 e. The van der Waals surface area contributed by atoms with E-state index in [0.29, 0.717) is 26.2 Å². The lowest BCUT2D eigenvalue weighted by Crippen LogP contribution is -2.53. The quantitative estimate of drug-likeness (QED) is 0.907. The topological polar surface area (TPSA) is 50.8 Å². The van der Waals surface area contributed by atoms with Crippen LogP contribution in [-0.4, -0.2) is 42.8 Å². The number of morpholine rings is 1. The molecule has 1 aliphatic heterocycles. The SMILES string of the molecule is CCCOc1ccc(CNC(=O)N2CCOC(C)(C)C2)c(C)c1. The van der Waals surface area contributed by atoms with Gasteiger partial charge in [-0.2, -0.15) is 0 Å². The van der Waals surface area contributed by atoms with Crippen molar-refractivity contribution in [3.63, 3.8) is 0 Å². The summed E-state index contributed by atoms with van der Waals surface area (Å²) in [7, 11) is 0. The molecular formula is C18H28N2O3. The minimum atomic E-state index is -0.274. The molecule has 0 unspecified atom stereocenters. The number of benzene rings is 1. The highest BCUT2D eigenvalue weighted by molar-refractivity contribution is 5.74. The molecule has 0 aliphatic carbocycles. The zero-order valence-electron chi connectivity index (χ0n) is 14.6. The van der Waals surface area contributed by atoms with E-state index in [-0.39, 0.29) is 11.6 Å². The highest BCUT2D eigenvalue weighted by Crippen LogP contribution is 2.19. The second-order valence-corrected chi connectivity index (χ2v) is 6.63. The van der Waals surface area contributed by atoms with Gasteiger partial charge in [0, 0.05) is 13.1 Å². The average molecular weight is 320 g/mol. The molecule has 1 N–H and O–H groups in total. The monoisotopic (exact) mass is 320 g/mol. The maximum atomic E-state index is 12.3. The predicted molar refractivity (Wildman–Crippen MR) is 90.8 cm³/mol. The summed E-state index contributed by atoms with van der Waals surface area (Å²) in [5.74, 6) is 0.884. The average Bonchev–Trinajstić information content (AvgIpc) is 2.50. The summed E-state index contributed by atoms with van der Waals surface area (Å²) in [5.41, 5.74) is 1.96. The lowest BCUT2D eigenvalue weighted by atomic mass is 10.1. The fraction of sp³-hybridized carbons (Fsp3) is 0.611. The number of aryl methyl sites for hydroxylation is 1. The molecule has 0 bridgehead atoms. The zero-order chi connectivity index (χ0) is 16.9. The number of amides is 2. The molecule has 0 aromatic heterocycles. The number of nitrogens with zero attached hydrogens (tertiary/aromatic N) is 1. The van der Waals surface area contributed by atoms with E-state index < -0.39 is 0 Å². The van der Waals surface area contributed by atoms with Crippen LogP contribution in [0.5, 0.6) is 5.75 Å². The van der Waals surface area contributed by atoms with E-state index in [0.717, 1.165) is 29.9 Å². The van der Waals surface area contributed by atoms with Gasteiger partial charge in [0.25, 0.3) is 0 Å². The van der Waals surface area contributed by atoms with E-state index in [1.54, 1.807) is 0 Å². The number of hydrogen-bond acceptors (Lipinski definition) is 3. The largest absolute Gasteiger partial charge is 0.494 e. The first kappa shape index (κ1) is 17.6. The Hall–Kier alpha value is -1.75. The Morgan fingerprint density at radius 1 is 1.43 bits per heavy atom. The predicted octanol–water partition coefficient (Wildman–Crippen LogP) is 3.10. The minimum Gasteiger partial charge on any atom is -0.494 e. The van der Waals surface area contributed by atoms with Crippen molar-refractivity contribution in [2.45, 2.75) is 46.3 Å². The Morgan fingerprint density at radius 2 is 2.22 bits per heavy atom. The molecule has 1 fully saturated rings. The van der Waals surface area contributed by atoms with Crippen LogP contribution in [-0.2, 0) is 11.3 Å². The van der Waals surface area contributed by atoms with Crippen LogP contribution < -0.4 is 10.1 Å². The highest BCUT2D eigenvalue weighted by Gasteiger charge is 2.29. The van der Waals surface area contributed by atoms with Gasteiger partial charge < -0.3 is 19.7 Å². The first-order valence-corrected chi connectivity index (χ1v) is 8.30. The first-order valence-electron chi connectivity index (χ1n) is 8.30. The molecule has 0 atom stereocenters. The second-order valence-electron chi connectivity index (χ2n) is 6.63. The van der Waals surface area contributed by atoms with Crippen molar-refractivity contribution in [3.8, 4) is 5.75 Å². The van der Waals surface area contributed by atoms with Crippen LogP contribution in [0.3, 0.4) is 0 Å². The lowest BCUT2D eigenvalue weighted by Gasteiger charge is -2.38. The number of carbonyl (C=O) groups excluding carboxylic acids is 1. The molecule has 2 amide bonds. The fourth-order valence-electron chi connectivity index (χ4n) is 2.65. The van der Waals surface area contributed by atoms with E-state index in [4.69, 9.17) is 9.47 Å². The van der Waals surface area contributed by atoms with Gasteiger partial charge in [-0.3, -0.25) is 0 Å². The molecule has 128 valence electrons. The van der Waals surface area contributed by atoms with E-state index in [1.807, 2.05) is 43.9 Å². The van der Waals surface area contributed by atoms with Crippen LogP contribution in [0.4, 0.5) is 4.79 Å². The standard InChI is InChI=1S/C18H28N2O3/c1-5-9-22-16-7-6-15(14(2)11-16)12-19-17(21)20-8-10-23-18(3,4)13-20/h6-7,11H,5,8-10,12-13H2,1-4H3,(H,19,21). The van der Waals surface area contributed by atoms with Gasteiger partial charge in [0.1, 0.15) is 5.75 Å². The number of ether oxygens (including phenoxy) is 2. The molecule has 23 heavy (non-hydrogen) atoms. The fourth-order valence-corrected chi connectivity index (χ4v) is 2.65. The summed E-state index contributed by atoms with van der Waals surface area (Å²) >= 11 is 0. The Balaban J connectivity index is 1.89. The summed E-state index contributed by atoms with van der Waals surface area (Å²) in [6.07, 6.45) is 0.993. The Labute approximate surface area is 139 Å². The normalized spacial score (nSPS) is 17.0. The molecule has 0 radical (unpaired) electrons. The molecule has 0 spiro atoms. The van der Waals surface area contributed by atoms with Crippen molar-refractivity contribution in [3.05, 3.63) is 29.3 Å². The Kier molecular flexibility index (Phi) is 5.88. The van der Waals surface area contributed by atoms with Crippen molar-refractivity contribution >= 4 is 6.03 Å². The third-order valence-electron chi connectivity index (χ3n) is 3.93. The van der Waals surface area contributed by atoms with E-state index in [1.165, 1.54) is 0 Å². The van der Waals surface area contributed by atoms with Gasteiger partial charge in [-0.15, -0.1) is 0 Å². The molecular weight excluding hydrogens is 292 g/mol. The van der Waals surface area contributed by atoms with Gasteiger partial charge in [0.15, 0.2) is 0 Å². The van der Waals surface area contributed by atoms with Crippen molar-refractivity contribution < 1.29 is 14.3 Å². The first-order chi connectivity index (χ1) is 10.9. The number of hydrogen-bond donors (Lipinski definition) is 1. The van der Waals surface area contributed by atoms with Crippen LogP contribution in [0.2, 0.25) is 0 Å². The molecule has 5 nitrogen and oxygen atoms in total. The van der Waals surface area contributed by atoms with Crippen LogP contribution >= 0.6 is 0 Å². The third kappa shape index (κ3) is 5.13. The number of carbonyl (C=O) groups is 1. The number of rotatable bonds is 5. The summed E-state index contributed by atoms with van der Waals surface area (Å²) in [6, 6.07) is 5.97. The molecule has 1 aromatic carbocycles. The van der Waals surface area contributed by atoms with Crippen LogP contribution in [0.15, 0.2) is 18.2 Å². The van der Waals surface area contributed by atoms with Crippen molar-refractivity contribution in [1.29, 1.82) is 0 Å². The number of urea groups is 1. The van der Waals surface area contributed by atoms with Crippen molar-refractivity contribution in [2.75, 3.05) is 26.3 Å². The highest BCUT2D eigenvalue weighted by atomic mass is 16.5. The van der Waals surface area contributed by atoms with E-state index >= 15 is 0 Å². The number of nitrogens with one attached hydrogen (secondary N) is 1.